The van der Waals surface area contributed by atoms with Crippen LogP contribution in [-0.4, -0.2) is 209 Å². The molecule has 4 N–H and O–H groups in total. The van der Waals surface area contributed by atoms with Gasteiger partial charge in [0.1, 0.15) is 34.0 Å². The van der Waals surface area contributed by atoms with Gasteiger partial charge in [-0.2, -0.15) is 20.4 Å². The molecule has 18 heterocycles. The van der Waals surface area contributed by atoms with Crippen LogP contribution in [0.5, 0.6) is 0 Å². The number of nitrogens with one attached hydrogen (secondary N) is 2. The van der Waals surface area contributed by atoms with Gasteiger partial charge in [-0.15, -0.1) is 0 Å². The van der Waals surface area contributed by atoms with Gasteiger partial charge >= 0.3 is 0 Å². The second-order valence-corrected chi connectivity index (χ2v) is 36.7. The highest BCUT2D eigenvalue weighted by atomic mass is 16.3. The zero-order valence-electron chi connectivity index (χ0n) is 75.8. The van der Waals surface area contributed by atoms with Crippen molar-refractivity contribution in [2.45, 2.75) is 168 Å². The van der Waals surface area contributed by atoms with Gasteiger partial charge in [0.2, 0.25) is 0 Å². The lowest BCUT2D eigenvalue weighted by molar-refractivity contribution is 0.0975. The molecule has 0 bridgehead atoms. The first kappa shape index (κ1) is 87.1. The highest BCUT2D eigenvalue weighted by Crippen LogP contribution is 2.37. The van der Waals surface area contributed by atoms with E-state index in [0.717, 1.165) is 198 Å². The lowest BCUT2D eigenvalue weighted by Crippen LogP contribution is -2.52. The van der Waals surface area contributed by atoms with Gasteiger partial charge in [0, 0.05) is 154 Å². The Bertz CT molecular complexity index is 6930. The van der Waals surface area contributed by atoms with Crippen LogP contribution in [0.4, 0.5) is 11.4 Å². The van der Waals surface area contributed by atoms with E-state index >= 15 is 0 Å². The summed E-state index contributed by atoms with van der Waals surface area (Å²) in [4.78, 5) is 89.9. The van der Waals surface area contributed by atoms with E-state index in [9.17, 15) is 19.2 Å². The predicted octanol–water partition coefficient (Wildman–Crippen LogP) is 12.4. The SMILES string of the molecule is CCCNC1(C)CCN(c2ccc3nc(-c4cc5c(C)nc(C)cn5n4)cc(=O)n3c2)CC1.Cc1cc(C2CCN(C3CCC3)CC2)cn2c(=O)cc(-c3ccc4nn(C)cc4c3)nc12.Cc1cc(C2CCN(CCO)CC2)cn2c(=O)cc(-c3ccc4nn(C)cc4c3)nc12.Cc1cn2nc(-c3cc(=O)n4cc(N5CCC(C)(NCCO)CC5)ccc4n3)cc2c(C)n1. The quantitative estimate of drug-likeness (QED) is 0.0658. The number of benzene rings is 2. The number of aliphatic hydroxyl groups excluding tert-OH is 2. The average molecular weight is 1740 g/mol. The van der Waals surface area contributed by atoms with Crippen LogP contribution in [0.2, 0.25) is 0 Å². The fraction of sp³-hybridized carbons (Fsp3) is 0.414. The molecule has 30 nitrogen and oxygen atoms in total. The van der Waals surface area contributed by atoms with Crippen molar-refractivity contribution in [3.63, 3.8) is 0 Å². The predicted molar refractivity (Wildman–Crippen MR) is 507 cm³/mol. The Morgan fingerprint density at radius 1 is 0.419 bits per heavy atom. The number of β-amino-alcohol motifs (C(OH)–C–C–N with tert-alkyl or cyclic N) is 2. The van der Waals surface area contributed by atoms with E-state index in [-0.39, 0.29) is 46.5 Å². The third kappa shape index (κ3) is 18.6. The Morgan fingerprint density at radius 3 is 1.28 bits per heavy atom. The fourth-order valence-corrected chi connectivity index (χ4v) is 19.4. The standard InChI is InChI=1S/C26H29N5O.C25H31N7O.C24H29N7O2.C24H27N5O2/c1-17-12-20(18-8-10-30(11-9-18)22-4-3-5-22)16-31-25(32)14-24(27-26(17)31)19-6-7-23-21(13-19)15-29(2)28-23;1-5-10-26-25(4)8-11-30(12-9-25)19-6-7-23-28-20(14-24(33)31(23)16-19)21-13-22-18(3)27-17(2)15-32(22)29-21;1-16-14-31-21(17(2)26-16)12-20(28-31)19-13-23(33)30-15-18(4-5-22(30)27-19)29-9-6-24(3,7-10-29)25-8-11-32;1-16-11-19(17-5-7-28(8-6-17)9-10-30)15-29-23(31)13-22(25-24(16)29)18-3-4-21-20(12-18)14-27(2)26-21/h6-7,12-16,18,22H,3-5,8-11H2,1-2H3;6-7,13-16,26H,5,8-12H2,1-4H3;4-5,12-15,25,32H,6-11H2,1-3H3;3-4,11-15,17,30H,5-10H2,1-2H3. The van der Waals surface area contributed by atoms with Crippen LogP contribution in [0, 0.1) is 41.5 Å². The molecule has 14 aromatic heterocycles. The van der Waals surface area contributed by atoms with E-state index in [0.29, 0.717) is 69.5 Å². The fourth-order valence-electron chi connectivity index (χ4n) is 19.4. The molecule has 0 radical (unpaired) electrons. The van der Waals surface area contributed by atoms with Crippen molar-refractivity contribution in [2.24, 2.45) is 14.1 Å². The van der Waals surface area contributed by atoms with Crippen LogP contribution in [0.25, 0.3) is 101 Å². The van der Waals surface area contributed by atoms with Crippen LogP contribution in [0.3, 0.4) is 0 Å². The summed E-state index contributed by atoms with van der Waals surface area (Å²) in [5.74, 6) is 0.951. The van der Waals surface area contributed by atoms with E-state index in [2.05, 4.69) is 113 Å². The summed E-state index contributed by atoms with van der Waals surface area (Å²) in [6.07, 6.45) is 29.3. The molecule has 129 heavy (non-hydrogen) atoms. The molecule has 5 aliphatic rings. The van der Waals surface area contributed by atoms with Gasteiger partial charge in [-0.1, -0.05) is 37.6 Å². The normalized spacial score (nSPS) is 16.6. The van der Waals surface area contributed by atoms with Gasteiger partial charge in [-0.3, -0.25) is 56.1 Å². The van der Waals surface area contributed by atoms with E-state index < -0.39 is 0 Å². The molecular weight excluding hydrogens is 1620 g/mol. The molecule has 5 fully saturated rings. The van der Waals surface area contributed by atoms with E-state index in [4.69, 9.17) is 30.1 Å². The third-order valence-corrected chi connectivity index (χ3v) is 27.1. The second kappa shape index (κ2) is 36.5. The maximum absolute atomic E-state index is 13.1. The number of aryl methyl sites for hydroxylation is 8. The van der Waals surface area contributed by atoms with Crippen LogP contribution in [0.15, 0.2) is 178 Å². The van der Waals surface area contributed by atoms with Crippen molar-refractivity contribution < 1.29 is 10.2 Å². The molecule has 16 aromatic rings. The molecule has 0 unspecified atom stereocenters. The van der Waals surface area contributed by atoms with Gasteiger partial charge < -0.3 is 40.4 Å². The summed E-state index contributed by atoms with van der Waals surface area (Å²) in [6.45, 7) is 29.4. The zero-order chi connectivity index (χ0) is 89.7. The lowest BCUT2D eigenvalue weighted by Gasteiger charge is -2.42. The molecule has 30 heteroatoms. The van der Waals surface area contributed by atoms with Gasteiger partial charge in [0.15, 0.2) is 0 Å². The summed E-state index contributed by atoms with van der Waals surface area (Å²) < 4.78 is 13.9. The first-order chi connectivity index (χ1) is 62.3. The molecule has 4 saturated heterocycles. The second-order valence-electron chi connectivity index (χ2n) is 36.7. The minimum Gasteiger partial charge on any atom is -0.395 e. The Hall–Kier alpha value is -12.6. The van der Waals surface area contributed by atoms with Crippen molar-refractivity contribution in [2.75, 3.05) is 95.0 Å². The monoisotopic (exact) mass is 1740 g/mol. The molecule has 2 aromatic carbocycles. The lowest BCUT2D eigenvalue weighted by atomic mass is 9.85. The molecular formula is C99H116N24O6. The number of aliphatic hydroxyl groups is 2. The Morgan fingerprint density at radius 2 is 0.853 bits per heavy atom. The summed E-state index contributed by atoms with van der Waals surface area (Å²) in [6, 6.07) is 35.4. The van der Waals surface area contributed by atoms with Crippen molar-refractivity contribution in [3.05, 3.63) is 245 Å². The van der Waals surface area contributed by atoms with Crippen LogP contribution in [-0.2, 0) is 14.1 Å². The largest absolute Gasteiger partial charge is 0.395 e. The zero-order valence-corrected chi connectivity index (χ0v) is 75.8. The summed E-state index contributed by atoms with van der Waals surface area (Å²) in [5, 5.41) is 45.6. The van der Waals surface area contributed by atoms with Crippen molar-refractivity contribution >= 4 is 66.8 Å². The molecule has 0 spiro atoms. The number of rotatable bonds is 17. The minimum absolute atomic E-state index is 0.0202. The highest BCUT2D eigenvalue weighted by molar-refractivity contribution is 5.85. The Balaban J connectivity index is 0.000000116. The number of piperidine rings is 4. The van der Waals surface area contributed by atoms with Gasteiger partial charge in [0.25, 0.3) is 22.2 Å². The number of hydrogen-bond acceptors (Lipinski definition) is 22. The number of anilines is 2. The van der Waals surface area contributed by atoms with Gasteiger partial charge in [-0.05, 0) is 253 Å². The number of aromatic nitrogens is 18. The van der Waals surface area contributed by atoms with Gasteiger partial charge in [0.05, 0.1) is 105 Å². The Kier molecular flexibility index (Phi) is 24.7. The van der Waals surface area contributed by atoms with E-state index in [1.807, 2.05) is 159 Å². The average Bonchev–Trinajstić information content (AvgIpc) is 1.77. The molecule has 0 atom stereocenters. The van der Waals surface area contributed by atoms with Crippen molar-refractivity contribution in [3.8, 4) is 45.3 Å². The molecule has 21 rings (SSSR count). The first-order valence-corrected chi connectivity index (χ1v) is 45.7. The van der Waals surface area contributed by atoms with Crippen molar-refractivity contribution in [1.82, 2.24) is 107 Å². The minimum atomic E-state index is -0.133. The number of nitrogens with zero attached hydrogens (tertiary/aromatic N) is 22. The number of fused-ring (bicyclic) bond motifs is 8. The molecule has 1 saturated carbocycles. The van der Waals surface area contributed by atoms with E-state index in [1.54, 1.807) is 60.3 Å². The Labute approximate surface area is 747 Å². The topological polar surface area (TPSA) is 311 Å². The number of likely N-dealkylation sites (tertiary alicyclic amines) is 2. The summed E-state index contributed by atoms with van der Waals surface area (Å²) in [7, 11) is 3.82. The van der Waals surface area contributed by atoms with Crippen LogP contribution >= 0.6 is 0 Å². The van der Waals surface area contributed by atoms with E-state index in [1.165, 1.54) is 56.3 Å². The van der Waals surface area contributed by atoms with Crippen molar-refractivity contribution in [1.29, 1.82) is 0 Å². The number of hydrogen-bond donors (Lipinski definition) is 4. The number of pyridine rings is 4. The summed E-state index contributed by atoms with van der Waals surface area (Å²) >= 11 is 0. The molecule has 1 aliphatic carbocycles. The third-order valence-electron chi connectivity index (χ3n) is 27.1. The smallest absolute Gasteiger partial charge is 0.258 e. The van der Waals surface area contributed by atoms with Crippen LogP contribution < -0.4 is 42.7 Å². The molecule has 4 aliphatic heterocycles. The molecule has 0 amide bonds. The maximum Gasteiger partial charge on any atom is 0.258 e. The first-order valence-electron chi connectivity index (χ1n) is 45.7. The molecule has 668 valence electrons. The van der Waals surface area contributed by atoms with Crippen LogP contribution in [0.1, 0.15) is 155 Å². The summed E-state index contributed by atoms with van der Waals surface area (Å²) in [5.41, 5.74) is 22.1. The van der Waals surface area contributed by atoms with Gasteiger partial charge in [-0.25, -0.2) is 29.0 Å². The maximum atomic E-state index is 13.1. The highest BCUT2D eigenvalue weighted by Gasteiger charge is 2.34.